The summed E-state index contributed by atoms with van der Waals surface area (Å²) in [6.45, 7) is 8.33. The Morgan fingerprint density at radius 3 is 2.57 bits per heavy atom. The van der Waals surface area contributed by atoms with Crippen molar-refractivity contribution < 1.29 is 4.52 Å². The quantitative estimate of drug-likeness (QED) is 0.743. The molecule has 1 aromatic carbocycles. The zero-order valence-electron chi connectivity index (χ0n) is 12.8. The number of rotatable bonds is 4. The summed E-state index contributed by atoms with van der Waals surface area (Å²) >= 11 is 1.85. The number of fused-ring (bicyclic) bond motifs is 1. The van der Waals surface area contributed by atoms with Crippen LogP contribution in [0.3, 0.4) is 0 Å². The Morgan fingerprint density at radius 2 is 1.90 bits per heavy atom. The Bertz CT molecular complexity index is 707. The van der Waals surface area contributed by atoms with E-state index in [0.29, 0.717) is 6.04 Å². The second kappa shape index (κ2) is 5.62. The number of nitrogens with one attached hydrogen (secondary N) is 1. The van der Waals surface area contributed by atoms with Crippen LogP contribution >= 0.6 is 11.3 Å². The first-order valence-electron chi connectivity index (χ1n) is 7.23. The van der Waals surface area contributed by atoms with Crippen LogP contribution < -0.4 is 5.32 Å². The summed E-state index contributed by atoms with van der Waals surface area (Å²) in [6, 6.07) is 11.3. The molecule has 0 saturated heterocycles. The summed E-state index contributed by atoms with van der Waals surface area (Å²) in [5.74, 6) is 0.899. The molecule has 3 rings (SSSR count). The summed E-state index contributed by atoms with van der Waals surface area (Å²) in [4.78, 5) is 1.36. The van der Waals surface area contributed by atoms with Gasteiger partial charge in [0.2, 0.25) is 0 Å². The fourth-order valence-electron chi connectivity index (χ4n) is 2.86. The Morgan fingerprint density at radius 1 is 1.14 bits per heavy atom. The maximum atomic E-state index is 5.26. The highest BCUT2D eigenvalue weighted by atomic mass is 32.1. The van der Waals surface area contributed by atoms with E-state index < -0.39 is 0 Å². The lowest BCUT2D eigenvalue weighted by Crippen LogP contribution is -2.22. The lowest BCUT2D eigenvalue weighted by Gasteiger charge is -2.19. The zero-order valence-corrected chi connectivity index (χ0v) is 13.6. The van der Waals surface area contributed by atoms with Gasteiger partial charge in [0.05, 0.1) is 5.69 Å². The number of benzene rings is 1. The normalized spacial score (nSPS) is 14.5. The van der Waals surface area contributed by atoms with Crippen LogP contribution in [0.1, 0.15) is 47.8 Å². The van der Waals surface area contributed by atoms with Crippen LogP contribution in [0, 0.1) is 13.8 Å². The Balaban J connectivity index is 1.81. The lowest BCUT2D eigenvalue weighted by atomic mass is 10.1. The van der Waals surface area contributed by atoms with Crippen molar-refractivity contribution in [2.75, 3.05) is 0 Å². The van der Waals surface area contributed by atoms with Crippen molar-refractivity contribution >= 4 is 21.4 Å². The van der Waals surface area contributed by atoms with Crippen LogP contribution in [0.2, 0.25) is 0 Å². The van der Waals surface area contributed by atoms with Gasteiger partial charge in [0.15, 0.2) is 0 Å². The minimum absolute atomic E-state index is 0.219. The van der Waals surface area contributed by atoms with E-state index in [-0.39, 0.29) is 6.04 Å². The SMILES string of the molecule is Cc1noc(C)c1C(C)NC(C)c1cc2ccccc2s1. The second-order valence-electron chi connectivity index (χ2n) is 5.53. The first-order valence-corrected chi connectivity index (χ1v) is 8.05. The van der Waals surface area contributed by atoms with Gasteiger partial charge in [-0.25, -0.2) is 0 Å². The lowest BCUT2D eigenvalue weighted by molar-refractivity contribution is 0.389. The minimum Gasteiger partial charge on any atom is -0.361 e. The molecule has 2 atom stereocenters. The summed E-state index contributed by atoms with van der Waals surface area (Å²) in [5.41, 5.74) is 2.14. The predicted molar refractivity (Wildman–Crippen MR) is 87.8 cm³/mol. The van der Waals surface area contributed by atoms with E-state index in [1.807, 2.05) is 25.2 Å². The molecule has 0 aliphatic heterocycles. The highest BCUT2D eigenvalue weighted by Crippen LogP contribution is 2.31. The molecule has 2 aromatic heterocycles. The van der Waals surface area contributed by atoms with Gasteiger partial charge in [-0.05, 0) is 45.2 Å². The molecular formula is C17H20N2OS. The summed E-state index contributed by atoms with van der Waals surface area (Å²) in [6.07, 6.45) is 0. The molecule has 2 unspecified atom stereocenters. The third kappa shape index (κ3) is 2.74. The third-order valence-corrected chi connectivity index (χ3v) is 5.19. The van der Waals surface area contributed by atoms with Gasteiger partial charge in [-0.3, -0.25) is 0 Å². The van der Waals surface area contributed by atoms with Crippen LogP contribution in [0.15, 0.2) is 34.9 Å². The van der Waals surface area contributed by atoms with Crippen LogP contribution in [-0.4, -0.2) is 5.16 Å². The van der Waals surface area contributed by atoms with Crippen molar-refractivity contribution in [2.45, 2.75) is 39.8 Å². The van der Waals surface area contributed by atoms with E-state index in [2.05, 4.69) is 54.7 Å². The number of aromatic nitrogens is 1. The smallest absolute Gasteiger partial charge is 0.138 e. The topological polar surface area (TPSA) is 38.1 Å². The fraction of sp³-hybridized carbons (Fsp3) is 0.353. The van der Waals surface area contributed by atoms with Gasteiger partial charge in [0.1, 0.15) is 5.76 Å². The van der Waals surface area contributed by atoms with Crippen LogP contribution in [-0.2, 0) is 0 Å². The zero-order chi connectivity index (χ0) is 15.0. The summed E-state index contributed by atoms with van der Waals surface area (Å²) in [5, 5.41) is 9.01. The standard InChI is InChI=1S/C17H20N2OS/c1-10(16-9-14-7-5-6-8-15(14)21-16)18-11(2)17-12(3)19-20-13(17)4/h5-11,18H,1-4H3. The highest BCUT2D eigenvalue weighted by Gasteiger charge is 2.19. The maximum absolute atomic E-state index is 5.26. The molecule has 0 spiro atoms. The molecule has 21 heavy (non-hydrogen) atoms. The molecule has 3 nitrogen and oxygen atoms in total. The molecule has 3 aromatic rings. The number of aryl methyl sites for hydroxylation is 2. The fourth-order valence-corrected chi connectivity index (χ4v) is 3.94. The molecule has 4 heteroatoms. The first-order chi connectivity index (χ1) is 10.1. The van der Waals surface area contributed by atoms with Gasteiger partial charge in [0, 0.05) is 27.2 Å². The van der Waals surface area contributed by atoms with Gasteiger partial charge < -0.3 is 9.84 Å². The number of hydrogen-bond acceptors (Lipinski definition) is 4. The first kappa shape index (κ1) is 14.3. The Hall–Kier alpha value is -1.65. The number of hydrogen-bond donors (Lipinski definition) is 1. The molecule has 1 N–H and O–H groups in total. The molecule has 2 heterocycles. The average Bonchev–Trinajstić information content (AvgIpc) is 3.02. The Kier molecular flexibility index (Phi) is 3.83. The van der Waals surface area contributed by atoms with Gasteiger partial charge in [-0.15, -0.1) is 11.3 Å². The van der Waals surface area contributed by atoms with Crippen LogP contribution in [0.4, 0.5) is 0 Å². The monoisotopic (exact) mass is 300 g/mol. The van der Waals surface area contributed by atoms with Gasteiger partial charge in [-0.1, -0.05) is 23.4 Å². The van der Waals surface area contributed by atoms with E-state index >= 15 is 0 Å². The van der Waals surface area contributed by atoms with E-state index in [9.17, 15) is 0 Å². The average molecular weight is 300 g/mol. The molecule has 0 aliphatic rings. The molecule has 0 saturated carbocycles. The van der Waals surface area contributed by atoms with Crippen molar-refractivity contribution in [3.8, 4) is 0 Å². The predicted octanol–water partition coefficient (Wildman–Crippen LogP) is 4.92. The van der Waals surface area contributed by atoms with E-state index in [0.717, 1.165) is 11.5 Å². The second-order valence-corrected chi connectivity index (χ2v) is 6.65. The van der Waals surface area contributed by atoms with Crippen molar-refractivity contribution in [3.63, 3.8) is 0 Å². The molecule has 0 amide bonds. The largest absolute Gasteiger partial charge is 0.361 e. The third-order valence-electron chi connectivity index (χ3n) is 3.89. The van der Waals surface area contributed by atoms with Gasteiger partial charge in [0.25, 0.3) is 0 Å². The number of thiophene rings is 1. The van der Waals surface area contributed by atoms with Crippen molar-refractivity contribution in [1.29, 1.82) is 0 Å². The summed E-state index contributed by atoms with van der Waals surface area (Å²) in [7, 11) is 0. The number of nitrogens with zero attached hydrogens (tertiary/aromatic N) is 1. The minimum atomic E-state index is 0.219. The summed E-state index contributed by atoms with van der Waals surface area (Å²) < 4.78 is 6.60. The van der Waals surface area contributed by atoms with E-state index in [1.165, 1.54) is 20.5 Å². The highest BCUT2D eigenvalue weighted by molar-refractivity contribution is 7.19. The maximum Gasteiger partial charge on any atom is 0.138 e. The molecule has 110 valence electrons. The molecule has 0 fully saturated rings. The molecule has 0 aliphatic carbocycles. The molecule has 0 bridgehead atoms. The molecular weight excluding hydrogens is 280 g/mol. The molecule has 0 radical (unpaired) electrons. The van der Waals surface area contributed by atoms with Gasteiger partial charge in [-0.2, -0.15) is 0 Å². The van der Waals surface area contributed by atoms with Crippen LogP contribution in [0.5, 0.6) is 0 Å². The van der Waals surface area contributed by atoms with Crippen molar-refractivity contribution in [3.05, 3.63) is 52.2 Å². The van der Waals surface area contributed by atoms with Crippen LogP contribution in [0.25, 0.3) is 10.1 Å². The van der Waals surface area contributed by atoms with Crippen molar-refractivity contribution in [1.82, 2.24) is 10.5 Å². The Labute approximate surface area is 129 Å². The van der Waals surface area contributed by atoms with E-state index in [4.69, 9.17) is 4.52 Å². The van der Waals surface area contributed by atoms with E-state index in [1.54, 1.807) is 0 Å². The van der Waals surface area contributed by atoms with Gasteiger partial charge >= 0.3 is 0 Å². The van der Waals surface area contributed by atoms with Crippen molar-refractivity contribution in [2.24, 2.45) is 0 Å².